The van der Waals surface area contributed by atoms with E-state index >= 15 is 0 Å². The van der Waals surface area contributed by atoms with E-state index < -0.39 is 0 Å². The van der Waals surface area contributed by atoms with Crippen LogP contribution in [0, 0.1) is 6.92 Å². The van der Waals surface area contributed by atoms with Gasteiger partial charge in [-0.25, -0.2) is 5.43 Å². The maximum atomic E-state index is 4.45. The van der Waals surface area contributed by atoms with E-state index in [1.807, 2.05) is 50.2 Å². The van der Waals surface area contributed by atoms with Crippen molar-refractivity contribution < 1.29 is 0 Å². The lowest BCUT2D eigenvalue weighted by molar-refractivity contribution is 1.01. The first kappa shape index (κ1) is 14.3. The molecule has 0 unspecified atom stereocenters. The van der Waals surface area contributed by atoms with Crippen LogP contribution in [-0.2, 0) is 0 Å². The molecular formula is C17H15N7. The van der Waals surface area contributed by atoms with Crippen molar-refractivity contribution in [1.29, 1.82) is 0 Å². The van der Waals surface area contributed by atoms with Crippen LogP contribution in [0.1, 0.15) is 18.2 Å². The quantitative estimate of drug-likeness (QED) is 0.447. The molecule has 0 amide bonds. The first-order valence-corrected chi connectivity index (χ1v) is 7.56. The Morgan fingerprint density at radius 2 is 2.04 bits per heavy atom. The SMILES string of the molecule is CC(=NNc1nnc2c(n1)[nH]c1cccc(C)c12)c1ccccn1. The molecule has 0 bridgehead atoms. The summed E-state index contributed by atoms with van der Waals surface area (Å²) in [6.07, 6.45) is 1.73. The van der Waals surface area contributed by atoms with Gasteiger partial charge >= 0.3 is 0 Å². The van der Waals surface area contributed by atoms with Gasteiger partial charge in [-0.1, -0.05) is 18.2 Å². The Morgan fingerprint density at radius 3 is 2.88 bits per heavy atom. The van der Waals surface area contributed by atoms with E-state index in [-0.39, 0.29) is 0 Å². The van der Waals surface area contributed by atoms with E-state index in [0.717, 1.165) is 33.4 Å². The molecule has 1 aromatic carbocycles. The molecule has 0 aliphatic carbocycles. The average molecular weight is 317 g/mol. The van der Waals surface area contributed by atoms with Gasteiger partial charge in [0.1, 0.15) is 5.52 Å². The van der Waals surface area contributed by atoms with Gasteiger partial charge < -0.3 is 4.98 Å². The van der Waals surface area contributed by atoms with Crippen molar-refractivity contribution in [2.45, 2.75) is 13.8 Å². The van der Waals surface area contributed by atoms with Crippen LogP contribution in [0.25, 0.3) is 22.1 Å². The lowest BCUT2D eigenvalue weighted by Gasteiger charge is -2.01. The predicted octanol–water partition coefficient (Wildman–Crippen LogP) is 3.05. The Labute approximate surface area is 137 Å². The summed E-state index contributed by atoms with van der Waals surface area (Å²) in [5.41, 5.74) is 7.95. The normalized spacial score (nSPS) is 12.0. The van der Waals surface area contributed by atoms with Crippen LogP contribution in [-0.4, -0.2) is 30.9 Å². The van der Waals surface area contributed by atoms with Crippen molar-refractivity contribution >= 4 is 33.7 Å². The number of aromatic nitrogens is 5. The number of fused-ring (bicyclic) bond motifs is 3. The number of hydrazone groups is 1. The van der Waals surface area contributed by atoms with Crippen LogP contribution in [0.15, 0.2) is 47.7 Å². The molecule has 7 nitrogen and oxygen atoms in total. The van der Waals surface area contributed by atoms with E-state index in [9.17, 15) is 0 Å². The largest absolute Gasteiger partial charge is 0.338 e. The van der Waals surface area contributed by atoms with Crippen LogP contribution in [0.5, 0.6) is 0 Å². The summed E-state index contributed by atoms with van der Waals surface area (Å²) < 4.78 is 0. The zero-order valence-electron chi connectivity index (χ0n) is 13.3. The molecule has 0 spiro atoms. The van der Waals surface area contributed by atoms with Crippen molar-refractivity contribution in [2.75, 3.05) is 5.43 Å². The topological polar surface area (TPSA) is 91.7 Å². The Hall–Kier alpha value is -3.35. The van der Waals surface area contributed by atoms with Crippen molar-refractivity contribution in [3.8, 4) is 0 Å². The molecule has 0 atom stereocenters. The Bertz CT molecular complexity index is 1050. The summed E-state index contributed by atoms with van der Waals surface area (Å²) in [5.74, 6) is 0.335. The van der Waals surface area contributed by atoms with Crippen molar-refractivity contribution in [3.63, 3.8) is 0 Å². The number of hydrogen-bond donors (Lipinski definition) is 2. The maximum absolute atomic E-state index is 4.45. The fourth-order valence-electron chi connectivity index (χ4n) is 2.61. The van der Waals surface area contributed by atoms with Gasteiger partial charge in [-0.05, 0) is 37.6 Å². The molecule has 0 saturated heterocycles. The van der Waals surface area contributed by atoms with Crippen molar-refractivity contribution in [1.82, 2.24) is 25.1 Å². The lowest BCUT2D eigenvalue weighted by Crippen LogP contribution is -2.04. The van der Waals surface area contributed by atoms with Crippen molar-refractivity contribution in [3.05, 3.63) is 53.9 Å². The van der Waals surface area contributed by atoms with E-state index in [4.69, 9.17) is 0 Å². The Kier molecular flexibility index (Phi) is 3.38. The third kappa shape index (κ3) is 2.45. The van der Waals surface area contributed by atoms with Crippen LogP contribution in [0.2, 0.25) is 0 Å². The number of aromatic amines is 1. The smallest absolute Gasteiger partial charge is 0.265 e. The summed E-state index contributed by atoms with van der Waals surface area (Å²) in [4.78, 5) is 12.0. The average Bonchev–Trinajstić information content (AvgIpc) is 2.99. The number of anilines is 1. The maximum Gasteiger partial charge on any atom is 0.265 e. The number of nitrogens with one attached hydrogen (secondary N) is 2. The van der Waals surface area contributed by atoms with Gasteiger partial charge in [0, 0.05) is 17.1 Å². The number of rotatable bonds is 3. The highest BCUT2D eigenvalue weighted by Gasteiger charge is 2.10. The summed E-state index contributed by atoms with van der Waals surface area (Å²) in [7, 11) is 0. The van der Waals surface area contributed by atoms with Gasteiger partial charge in [-0.2, -0.15) is 10.1 Å². The zero-order chi connectivity index (χ0) is 16.5. The fourth-order valence-corrected chi connectivity index (χ4v) is 2.61. The second-order valence-electron chi connectivity index (χ2n) is 5.48. The molecule has 4 rings (SSSR count). The fraction of sp³-hybridized carbons (Fsp3) is 0.118. The molecular weight excluding hydrogens is 302 g/mol. The lowest BCUT2D eigenvalue weighted by atomic mass is 10.1. The molecule has 0 aliphatic rings. The minimum Gasteiger partial charge on any atom is -0.338 e. The minimum absolute atomic E-state index is 0.335. The Balaban J connectivity index is 1.68. The zero-order valence-corrected chi connectivity index (χ0v) is 13.3. The van der Waals surface area contributed by atoms with Gasteiger partial charge in [0.2, 0.25) is 0 Å². The third-order valence-corrected chi connectivity index (χ3v) is 3.81. The number of benzene rings is 1. The molecule has 0 aliphatic heterocycles. The number of H-pyrrole nitrogens is 1. The molecule has 118 valence electrons. The van der Waals surface area contributed by atoms with Gasteiger partial charge in [0.15, 0.2) is 5.65 Å². The molecule has 3 heterocycles. The standard InChI is InChI=1S/C17H15N7/c1-10-6-5-8-13-14(10)15-16(19-13)20-17(24-22-15)23-21-11(2)12-7-3-4-9-18-12/h3-9H,1-2H3,(H2,19,20,23,24). The molecule has 24 heavy (non-hydrogen) atoms. The summed E-state index contributed by atoms with van der Waals surface area (Å²) in [6, 6.07) is 11.7. The van der Waals surface area contributed by atoms with Gasteiger partial charge in [0.25, 0.3) is 5.95 Å². The van der Waals surface area contributed by atoms with Gasteiger partial charge in [0.05, 0.1) is 11.4 Å². The van der Waals surface area contributed by atoms with E-state index in [0.29, 0.717) is 11.6 Å². The predicted molar refractivity (Wildman–Crippen MR) is 94.0 cm³/mol. The monoisotopic (exact) mass is 317 g/mol. The highest BCUT2D eigenvalue weighted by Crippen LogP contribution is 2.25. The molecule has 4 aromatic rings. The van der Waals surface area contributed by atoms with E-state index in [1.54, 1.807) is 6.20 Å². The van der Waals surface area contributed by atoms with E-state index in [1.165, 1.54) is 0 Å². The summed E-state index contributed by atoms with van der Waals surface area (Å²) in [5, 5.41) is 13.7. The number of nitrogens with zero attached hydrogens (tertiary/aromatic N) is 5. The summed E-state index contributed by atoms with van der Waals surface area (Å²) in [6.45, 7) is 3.91. The van der Waals surface area contributed by atoms with Crippen LogP contribution < -0.4 is 5.43 Å². The van der Waals surface area contributed by atoms with Gasteiger partial charge in [-0.3, -0.25) is 4.98 Å². The molecule has 7 heteroatoms. The van der Waals surface area contributed by atoms with Crippen LogP contribution >= 0.6 is 0 Å². The number of aryl methyl sites for hydroxylation is 1. The van der Waals surface area contributed by atoms with Gasteiger partial charge in [-0.15, -0.1) is 10.2 Å². The summed E-state index contributed by atoms with van der Waals surface area (Å²) >= 11 is 0. The highest BCUT2D eigenvalue weighted by molar-refractivity contribution is 6.05. The molecule has 0 fully saturated rings. The minimum atomic E-state index is 0.335. The molecule has 3 aromatic heterocycles. The molecule has 0 radical (unpaired) electrons. The second-order valence-corrected chi connectivity index (χ2v) is 5.48. The molecule has 2 N–H and O–H groups in total. The number of pyridine rings is 1. The second kappa shape index (κ2) is 5.69. The van der Waals surface area contributed by atoms with Crippen LogP contribution in [0.3, 0.4) is 0 Å². The Morgan fingerprint density at radius 1 is 1.12 bits per heavy atom. The first-order valence-electron chi connectivity index (χ1n) is 7.56. The first-order chi connectivity index (χ1) is 11.7. The molecule has 0 saturated carbocycles. The van der Waals surface area contributed by atoms with E-state index in [2.05, 4.69) is 35.7 Å². The third-order valence-electron chi connectivity index (χ3n) is 3.81. The van der Waals surface area contributed by atoms with Crippen LogP contribution in [0.4, 0.5) is 5.95 Å². The number of hydrogen-bond acceptors (Lipinski definition) is 6. The van der Waals surface area contributed by atoms with Crippen molar-refractivity contribution in [2.24, 2.45) is 5.10 Å². The highest BCUT2D eigenvalue weighted by atomic mass is 15.4.